The maximum absolute atomic E-state index is 9.75. The predicted molar refractivity (Wildman–Crippen MR) is 101 cm³/mol. The van der Waals surface area contributed by atoms with Crippen LogP contribution in [0.3, 0.4) is 0 Å². The number of nitrogens with one attached hydrogen (secondary N) is 1. The van der Waals surface area contributed by atoms with Crippen LogP contribution in [0.15, 0.2) is 30.6 Å². The molecule has 0 saturated carbocycles. The summed E-state index contributed by atoms with van der Waals surface area (Å²) in [6.45, 7) is 5.38. The minimum Gasteiger partial charge on any atom is -0.389 e. The summed E-state index contributed by atoms with van der Waals surface area (Å²) in [5, 5.41) is 13.1. The van der Waals surface area contributed by atoms with Crippen molar-refractivity contribution in [2.24, 2.45) is 0 Å². The molecule has 1 aromatic carbocycles. The Labute approximate surface area is 149 Å². The van der Waals surface area contributed by atoms with Crippen molar-refractivity contribution in [1.82, 2.24) is 14.9 Å². The molecule has 0 radical (unpaired) electrons. The van der Waals surface area contributed by atoms with Crippen molar-refractivity contribution >= 4 is 11.6 Å². The fourth-order valence-corrected chi connectivity index (χ4v) is 3.05. The Morgan fingerprint density at radius 3 is 2.84 bits per heavy atom. The molecule has 0 saturated heterocycles. The number of aliphatic hydroxyl groups is 1. The lowest BCUT2D eigenvalue weighted by Crippen LogP contribution is -2.31. The van der Waals surface area contributed by atoms with Crippen LogP contribution in [0.5, 0.6) is 0 Å². The molecule has 2 N–H and O–H groups in total. The predicted octanol–water partition coefficient (Wildman–Crippen LogP) is 2.07. The number of likely N-dealkylation sites (N-methyl/N-ethyl adjacent to an activating group) is 1. The zero-order valence-corrected chi connectivity index (χ0v) is 15.2. The summed E-state index contributed by atoms with van der Waals surface area (Å²) in [7, 11) is 4.11. The second kappa shape index (κ2) is 7.80. The molecular formula is C19H27N5O. The van der Waals surface area contributed by atoms with Gasteiger partial charge in [0.25, 0.3) is 0 Å². The van der Waals surface area contributed by atoms with Gasteiger partial charge in [-0.05, 0) is 44.1 Å². The summed E-state index contributed by atoms with van der Waals surface area (Å²) in [4.78, 5) is 13.2. The van der Waals surface area contributed by atoms with Gasteiger partial charge in [0.2, 0.25) is 0 Å². The molecular weight excluding hydrogens is 314 g/mol. The molecule has 1 aromatic heterocycles. The highest BCUT2D eigenvalue weighted by Crippen LogP contribution is 2.26. The van der Waals surface area contributed by atoms with E-state index in [-0.39, 0.29) is 0 Å². The van der Waals surface area contributed by atoms with Crippen LogP contribution in [0.4, 0.5) is 11.6 Å². The molecule has 6 heteroatoms. The first kappa shape index (κ1) is 17.6. The first-order valence-electron chi connectivity index (χ1n) is 8.78. The molecule has 25 heavy (non-hydrogen) atoms. The van der Waals surface area contributed by atoms with Gasteiger partial charge in [0.05, 0.1) is 6.10 Å². The molecule has 0 aliphatic carbocycles. The Morgan fingerprint density at radius 2 is 2.08 bits per heavy atom. The Balaban J connectivity index is 1.69. The van der Waals surface area contributed by atoms with E-state index in [9.17, 15) is 5.11 Å². The fraction of sp³-hybridized carbons (Fsp3) is 0.474. The van der Waals surface area contributed by atoms with Gasteiger partial charge >= 0.3 is 0 Å². The van der Waals surface area contributed by atoms with E-state index < -0.39 is 6.10 Å². The molecule has 3 rings (SSSR count). The van der Waals surface area contributed by atoms with E-state index in [1.54, 1.807) is 6.33 Å². The molecule has 1 atom stereocenters. The van der Waals surface area contributed by atoms with Crippen molar-refractivity contribution in [3.63, 3.8) is 0 Å². The first-order valence-corrected chi connectivity index (χ1v) is 8.78. The van der Waals surface area contributed by atoms with Crippen LogP contribution in [0.25, 0.3) is 0 Å². The molecule has 0 amide bonds. The third-order valence-corrected chi connectivity index (χ3v) is 4.57. The Kier molecular flexibility index (Phi) is 5.50. The summed E-state index contributed by atoms with van der Waals surface area (Å²) in [5.74, 6) is 1.81. The smallest absolute Gasteiger partial charge is 0.134 e. The van der Waals surface area contributed by atoms with Crippen molar-refractivity contribution in [1.29, 1.82) is 0 Å². The number of anilines is 2. The van der Waals surface area contributed by atoms with Gasteiger partial charge in [-0.15, -0.1) is 0 Å². The number of nitrogens with zero attached hydrogens (tertiary/aromatic N) is 4. The van der Waals surface area contributed by atoms with Crippen LogP contribution in [0.2, 0.25) is 0 Å². The van der Waals surface area contributed by atoms with Crippen molar-refractivity contribution in [3.8, 4) is 0 Å². The molecule has 0 bridgehead atoms. The minimum absolute atomic E-state index is 0.416. The van der Waals surface area contributed by atoms with Crippen molar-refractivity contribution in [2.75, 3.05) is 43.9 Å². The third-order valence-electron chi connectivity index (χ3n) is 4.57. The number of aliphatic hydroxyl groups excluding tert-OH is 1. The van der Waals surface area contributed by atoms with Crippen LogP contribution < -0.4 is 10.2 Å². The summed E-state index contributed by atoms with van der Waals surface area (Å²) < 4.78 is 0. The molecule has 1 aliphatic heterocycles. The highest BCUT2D eigenvalue weighted by Gasteiger charge is 2.19. The molecule has 2 aromatic rings. The van der Waals surface area contributed by atoms with Gasteiger partial charge in [0.15, 0.2) is 0 Å². The highest BCUT2D eigenvalue weighted by atomic mass is 16.3. The summed E-state index contributed by atoms with van der Waals surface area (Å²) in [6.07, 6.45) is 2.17. The maximum Gasteiger partial charge on any atom is 0.134 e. The number of rotatable bonds is 6. The number of hydrogen-bond acceptors (Lipinski definition) is 6. The second-order valence-corrected chi connectivity index (χ2v) is 6.87. The quantitative estimate of drug-likeness (QED) is 0.839. The number of aromatic nitrogens is 2. The monoisotopic (exact) mass is 341 g/mol. The Morgan fingerprint density at radius 1 is 1.24 bits per heavy atom. The molecule has 134 valence electrons. The largest absolute Gasteiger partial charge is 0.389 e. The highest BCUT2D eigenvalue weighted by molar-refractivity contribution is 5.51. The van der Waals surface area contributed by atoms with E-state index in [0.29, 0.717) is 0 Å². The topological polar surface area (TPSA) is 64.5 Å². The van der Waals surface area contributed by atoms with Crippen molar-refractivity contribution < 1.29 is 5.11 Å². The number of fused-ring (bicyclic) bond motifs is 1. The van der Waals surface area contributed by atoms with E-state index in [0.717, 1.165) is 49.8 Å². The number of benzene rings is 1. The molecule has 6 nitrogen and oxygen atoms in total. The average Bonchev–Trinajstić information content (AvgIpc) is 2.60. The first-order chi connectivity index (χ1) is 12.0. The third kappa shape index (κ3) is 4.46. The SMILES string of the molecule is C[C@@H](O)c1ccc2c(c1)CCN(c1cc(NCCN(C)C)ncn1)C2. The van der Waals surface area contributed by atoms with Gasteiger partial charge in [-0.1, -0.05) is 18.2 Å². The van der Waals surface area contributed by atoms with Crippen LogP contribution >= 0.6 is 0 Å². The standard InChI is InChI=1S/C19H27N5O/c1-14(25)15-4-5-17-12-24(8-6-16(17)10-15)19-11-18(21-13-22-19)20-7-9-23(2)3/h4-5,10-11,13-14,25H,6-9,12H2,1-3H3,(H,20,21,22)/t14-/m1/s1. The van der Waals surface area contributed by atoms with Crippen molar-refractivity contribution in [3.05, 3.63) is 47.3 Å². The van der Waals surface area contributed by atoms with E-state index in [2.05, 4.69) is 51.3 Å². The van der Waals surface area contributed by atoms with Crippen molar-refractivity contribution in [2.45, 2.75) is 26.0 Å². The fourth-order valence-electron chi connectivity index (χ4n) is 3.05. The Hall–Kier alpha value is -2.18. The molecule has 0 fully saturated rings. The van der Waals surface area contributed by atoms with Gasteiger partial charge in [0.1, 0.15) is 18.0 Å². The lowest BCUT2D eigenvalue weighted by Gasteiger charge is -2.30. The molecule has 2 heterocycles. The van der Waals surface area contributed by atoms with E-state index in [4.69, 9.17) is 0 Å². The number of hydrogen-bond donors (Lipinski definition) is 2. The van der Waals surface area contributed by atoms with Gasteiger partial charge in [-0.3, -0.25) is 0 Å². The van der Waals surface area contributed by atoms with Crippen LogP contribution in [0, 0.1) is 0 Å². The second-order valence-electron chi connectivity index (χ2n) is 6.87. The lowest BCUT2D eigenvalue weighted by molar-refractivity contribution is 0.199. The minimum atomic E-state index is -0.416. The van der Waals surface area contributed by atoms with E-state index in [1.165, 1.54) is 11.1 Å². The van der Waals surface area contributed by atoms with Crippen LogP contribution in [-0.2, 0) is 13.0 Å². The van der Waals surface area contributed by atoms with Crippen LogP contribution in [-0.4, -0.2) is 53.7 Å². The van der Waals surface area contributed by atoms with Gasteiger partial charge in [-0.25, -0.2) is 9.97 Å². The molecule has 0 unspecified atom stereocenters. The maximum atomic E-state index is 9.75. The summed E-state index contributed by atoms with van der Waals surface area (Å²) >= 11 is 0. The molecule has 1 aliphatic rings. The summed E-state index contributed by atoms with van der Waals surface area (Å²) in [6, 6.07) is 8.29. The average molecular weight is 341 g/mol. The van der Waals surface area contributed by atoms with E-state index in [1.807, 2.05) is 19.1 Å². The zero-order chi connectivity index (χ0) is 17.8. The summed E-state index contributed by atoms with van der Waals surface area (Å²) in [5.41, 5.74) is 3.62. The lowest BCUT2D eigenvalue weighted by atomic mass is 9.96. The normalized spacial score (nSPS) is 15.2. The van der Waals surface area contributed by atoms with E-state index >= 15 is 0 Å². The molecule has 0 spiro atoms. The van der Waals surface area contributed by atoms with Gasteiger partial charge in [0, 0.05) is 32.2 Å². The van der Waals surface area contributed by atoms with Crippen LogP contribution in [0.1, 0.15) is 29.7 Å². The zero-order valence-electron chi connectivity index (χ0n) is 15.2. The Bertz CT molecular complexity index is 717. The van der Waals surface area contributed by atoms with Gasteiger partial charge < -0.3 is 20.2 Å². The van der Waals surface area contributed by atoms with Gasteiger partial charge in [-0.2, -0.15) is 0 Å².